The van der Waals surface area contributed by atoms with Gasteiger partial charge in [-0.25, -0.2) is 4.98 Å². The topological polar surface area (TPSA) is 54.5 Å². The van der Waals surface area contributed by atoms with Crippen molar-refractivity contribution in [2.24, 2.45) is 0 Å². The average Bonchev–Trinajstić information content (AvgIpc) is 3.03. The van der Waals surface area contributed by atoms with Gasteiger partial charge in [0, 0.05) is 18.8 Å². The van der Waals surface area contributed by atoms with Crippen molar-refractivity contribution in [2.45, 2.75) is 37.8 Å². The van der Waals surface area contributed by atoms with Crippen molar-refractivity contribution < 1.29 is 9.53 Å². The molecule has 1 aromatic rings. The van der Waals surface area contributed by atoms with Gasteiger partial charge in [-0.3, -0.25) is 4.79 Å². The van der Waals surface area contributed by atoms with Crippen LogP contribution in [-0.2, 0) is 4.79 Å². The molecule has 0 aromatic carbocycles. The van der Waals surface area contributed by atoms with E-state index >= 15 is 0 Å². The molecule has 0 unspecified atom stereocenters. The Morgan fingerprint density at radius 1 is 1.38 bits per heavy atom. The SMILES string of the molecule is O=C([C@H]1CCCN1)N1CCC[C@H](Oc2ccc(Cl)cn2)C1. The maximum absolute atomic E-state index is 12.4. The molecule has 1 N–H and O–H groups in total. The van der Waals surface area contributed by atoms with Crippen molar-refractivity contribution in [3.05, 3.63) is 23.4 Å². The van der Waals surface area contributed by atoms with Crippen molar-refractivity contribution in [1.29, 1.82) is 0 Å². The molecule has 3 heterocycles. The molecule has 21 heavy (non-hydrogen) atoms. The van der Waals surface area contributed by atoms with E-state index in [4.69, 9.17) is 16.3 Å². The summed E-state index contributed by atoms with van der Waals surface area (Å²) in [5, 5.41) is 3.86. The molecule has 1 aromatic heterocycles. The number of hydrogen-bond donors (Lipinski definition) is 1. The summed E-state index contributed by atoms with van der Waals surface area (Å²) < 4.78 is 5.87. The van der Waals surface area contributed by atoms with Gasteiger partial charge in [0.2, 0.25) is 11.8 Å². The Hall–Kier alpha value is -1.33. The normalized spacial score (nSPS) is 25.9. The highest BCUT2D eigenvalue weighted by Crippen LogP contribution is 2.19. The number of aromatic nitrogens is 1. The standard InChI is InChI=1S/C15H20ClN3O2/c16-11-5-6-14(18-9-11)21-12-3-2-8-19(10-12)15(20)13-4-1-7-17-13/h5-6,9,12-13,17H,1-4,7-8,10H2/t12-,13+/m0/s1. The minimum absolute atomic E-state index is 0.00240. The second kappa shape index (κ2) is 6.62. The van der Waals surface area contributed by atoms with Gasteiger partial charge in [0.1, 0.15) is 6.10 Å². The minimum Gasteiger partial charge on any atom is -0.472 e. The van der Waals surface area contributed by atoms with Crippen LogP contribution in [0.4, 0.5) is 0 Å². The summed E-state index contributed by atoms with van der Waals surface area (Å²) in [5.41, 5.74) is 0. The summed E-state index contributed by atoms with van der Waals surface area (Å²) in [6.45, 7) is 2.41. The average molecular weight is 310 g/mol. The van der Waals surface area contributed by atoms with Gasteiger partial charge in [-0.15, -0.1) is 0 Å². The van der Waals surface area contributed by atoms with Crippen LogP contribution in [0, 0.1) is 0 Å². The van der Waals surface area contributed by atoms with Crippen molar-refractivity contribution in [3.63, 3.8) is 0 Å². The Bertz CT molecular complexity index is 488. The van der Waals surface area contributed by atoms with Crippen LogP contribution in [0.1, 0.15) is 25.7 Å². The highest BCUT2D eigenvalue weighted by molar-refractivity contribution is 6.30. The molecule has 2 aliphatic rings. The molecule has 2 atom stereocenters. The van der Waals surface area contributed by atoms with Gasteiger partial charge < -0.3 is 15.0 Å². The third-order valence-electron chi connectivity index (χ3n) is 4.04. The second-order valence-corrected chi connectivity index (χ2v) is 6.07. The Kier molecular flexibility index (Phi) is 4.60. The highest BCUT2D eigenvalue weighted by Gasteiger charge is 2.31. The van der Waals surface area contributed by atoms with E-state index in [1.54, 1.807) is 18.3 Å². The molecule has 2 saturated heterocycles. The van der Waals surface area contributed by atoms with Gasteiger partial charge in [0.15, 0.2) is 0 Å². The molecule has 3 rings (SSSR count). The summed E-state index contributed by atoms with van der Waals surface area (Å²) in [6, 6.07) is 3.53. The lowest BCUT2D eigenvalue weighted by atomic mass is 10.1. The Morgan fingerprint density at radius 3 is 3.00 bits per heavy atom. The van der Waals surface area contributed by atoms with Crippen molar-refractivity contribution in [2.75, 3.05) is 19.6 Å². The van der Waals surface area contributed by atoms with Gasteiger partial charge in [-0.05, 0) is 38.3 Å². The van der Waals surface area contributed by atoms with E-state index in [9.17, 15) is 4.79 Å². The predicted molar refractivity (Wildman–Crippen MR) is 80.5 cm³/mol. The first kappa shape index (κ1) is 14.6. The molecule has 0 saturated carbocycles. The second-order valence-electron chi connectivity index (χ2n) is 5.63. The fourth-order valence-electron chi connectivity index (χ4n) is 2.95. The fourth-order valence-corrected chi connectivity index (χ4v) is 3.06. The van der Waals surface area contributed by atoms with Crippen LogP contribution in [0.15, 0.2) is 18.3 Å². The smallest absolute Gasteiger partial charge is 0.239 e. The maximum atomic E-state index is 12.4. The summed E-state index contributed by atoms with van der Waals surface area (Å²) in [4.78, 5) is 18.5. The zero-order chi connectivity index (χ0) is 14.7. The number of ether oxygens (including phenoxy) is 1. The number of amides is 1. The molecular formula is C15H20ClN3O2. The van der Waals surface area contributed by atoms with E-state index in [0.717, 1.165) is 38.8 Å². The third kappa shape index (κ3) is 3.66. The van der Waals surface area contributed by atoms with Crippen LogP contribution in [0.25, 0.3) is 0 Å². The van der Waals surface area contributed by atoms with E-state index < -0.39 is 0 Å². The molecular weight excluding hydrogens is 290 g/mol. The molecule has 1 amide bonds. The van der Waals surface area contributed by atoms with Crippen LogP contribution >= 0.6 is 11.6 Å². The number of carbonyl (C=O) groups is 1. The number of hydrogen-bond acceptors (Lipinski definition) is 4. The number of nitrogens with zero attached hydrogens (tertiary/aromatic N) is 2. The predicted octanol–water partition coefficient (Wildman–Crippen LogP) is 1.86. The first-order valence-electron chi connectivity index (χ1n) is 7.53. The fraction of sp³-hybridized carbons (Fsp3) is 0.600. The summed E-state index contributed by atoms with van der Waals surface area (Å²) >= 11 is 5.81. The molecule has 0 radical (unpaired) electrons. The van der Waals surface area contributed by atoms with Crippen LogP contribution in [-0.4, -0.2) is 47.6 Å². The number of rotatable bonds is 3. The lowest BCUT2D eigenvalue weighted by Crippen LogP contribution is -2.50. The summed E-state index contributed by atoms with van der Waals surface area (Å²) in [6.07, 6.45) is 5.53. The molecule has 114 valence electrons. The quantitative estimate of drug-likeness (QED) is 0.926. The third-order valence-corrected chi connectivity index (χ3v) is 4.26. The lowest BCUT2D eigenvalue weighted by molar-refractivity contribution is -0.135. The molecule has 6 heteroatoms. The first-order chi connectivity index (χ1) is 10.2. The van der Waals surface area contributed by atoms with Gasteiger partial charge >= 0.3 is 0 Å². The number of piperidine rings is 1. The van der Waals surface area contributed by atoms with Crippen LogP contribution in [0.3, 0.4) is 0 Å². The molecule has 0 bridgehead atoms. The first-order valence-corrected chi connectivity index (χ1v) is 7.90. The van der Waals surface area contributed by atoms with E-state index in [1.165, 1.54) is 0 Å². The van der Waals surface area contributed by atoms with Gasteiger partial charge in [-0.2, -0.15) is 0 Å². The maximum Gasteiger partial charge on any atom is 0.239 e. The minimum atomic E-state index is -0.00240. The van der Waals surface area contributed by atoms with E-state index in [-0.39, 0.29) is 18.1 Å². The molecule has 2 aliphatic heterocycles. The number of halogens is 1. The lowest BCUT2D eigenvalue weighted by Gasteiger charge is -2.34. The Morgan fingerprint density at radius 2 is 2.29 bits per heavy atom. The van der Waals surface area contributed by atoms with Gasteiger partial charge in [0.25, 0.3) is 0 Å². The Balaban J connectivity index is 1.57. The Labute approximate surface area is 129 Å². The van der Waals surface area contributed by atoms with Crippen LogP contribution in [0.2, 0.25) is 5.02 Å². The van der Waals surface area contributed by atoms with Gasteiger partial charge in [-0.1, -0.05) is 11.6 Å². The number of pyridine rings is 1. The summed E-state index contributed by atoms with van der Waals surface area (Å²) in [5.74, 6) is 0.780. The monoisotopic (exact) mass is 309 g/mol. The molecule has 5 nitrogen and oxygen atoms in total. The number of nitrogens with one attached hydrogen (secondary N) is 1. The van der Waals surface area contributed by atoms with Crippen molar-refractivity contribution in [3.8, 4) is 5.88 Å². The summed E-state index contributed by atoms with van der Waals surface area (Å²) in [7, 11) is 0. The zero-order valence-corrected chi connectivity index (χ0v) is 12.7. The van der Waals surface area contributed by atoms with E-state index in [1.807, 2.05) is 4.90 Å². The van der Waals surface area contributed by atoms with E-state index in [2.05, 4.69) is 10.3 Å². The van der Waals surface area contributed by atoms with Crippen molar-refractivity contribution in [1.82, 2.24) is 15.2 Å². The number of likely N-dealkylation sites (tertiary alicyclic amines) is 1. The highest BCUT2D eigenvalue weighted by atomic mass is 35.5. The van der Waals surface area contributed by atoms with Crippen LogP contribution < -0.4 is 10.1 Å². The van der Waals surface area contributed by atoms with Gasteiger partial charge in [0.05, 0.1) is 17.6 Å². The molecule has 0 aliphatic carbocycles. The van der Waals surface area contributed by atoms with Crippen molar-refractivity contribution >= 4 is 17.5 Å². The molecule has 2 fully saturated rings. The number of carbonyl (C=O) groups excluding carboxylic acids is 1. The largest absolute Gasteiger partial charge is 0.472 e. The van der Waals surface area contributed by atoms with E-state index in [0.29, 0.717) is 17.4 Å². The van der Waals surface area contributed by atoms with Crippen LogP contribution in [0.5, 0.6) is 5.88 Å². The zero-order valence-electron chi connectivity index (χ0n) is 11.9. The molecule has 0 spiro atoms.